The lowest BCUT2D eigenvalue weighted by Crippen LogP contribution is -2.14. The lowest BCUT2D eigenvalue weighted by atomic mass is 10.1. The number of carbonyl (C=O) groups is 1. The maximum Gasteiger partial charge on any atom is 0.272 e. The molecule has 0 radical (unpaired) electrons. The number of amides is 1. The number of rotatable bonds is 3. The first-order valence-corrected chi connectivity index (χ1v) is 7.02. The highest BCUT2D eigenvalue weighted by molar-refractivity contribution is 6.06. The molecular formula is C17H17N3O. The van der Waals surface area contributed by atoms with E-state index in [2.05, 4.69) is 22.2 Å². The van der Waals surface area contributed by atoms with Gasteiger partial charge in [0, 0.05) is 11.9 Å². The number of aryl methyl sites for hydroxylation is 2. The van der Waals surface area contributed by atoms with Gasteiger partial charge in [0.25, 0.3) is 5.91 Å². The van der Waals surface area contributed by atoms with E-state index in [0.29, 0.717) is 5.69 Å². The van der Waals surface area contributed by atoms with E-state index in [1.807, 2.05) is 37.3 Å². The van der Waals surface area contributed by atoms with Gasteiger partial charge in [0.1, 0.15) is 5.69 Å². The minimum absolute atomic E-state index is 0.142. The van der Waals surface area contributed by atoms with Crippen LogP contribution in [-0.4, -0.2) is 15.9 Å². The summed E-state index contributed by atoms with van der Waals surface area (Å²) in [6, 6.07) is 11.6. The van der Waals surface area contributed by atoms with Gasteiger partial charge in [0.05, 0.1) is 11.0 Å². The zero-order valence-corrected chi connectivity index (χ0v) is 12.1. The average Bonchev–Trinajstić information content (AvgIpc) is 2.93. The molecule has 21 heavy (non-hydrogen) atoms. The summed E-state index contributed by atoms with van der Waals surface area (Å²) in [5, 5.41) is 3.01. The van der Waals surface area contributed by atoms with Crippen molar-refractivity contribution in [1.82, 2.24) is 9.97 Å². The molecule has 0 aliphatic rings. The minimum Gasteiger partial charge on any atom is -0.349 e. The SMILES string of the molecule is CCc1cccc(C)c1NC(=O)c1cc2ncccc2[nH]1. The molecule has 1 amide bonds. The molecule has 3 aromatic rings. The fourth-order valence-corrected chi connectivity index (χ4v) is 2.46. The van der Waals surface area contributed by atoms with Crippen molar-refractivity contribution in [2.24, 2.45) is 0 Å². The second-order valence-electron chi connectivity index (χ2n) is 5.04. The molecule has 4 nitrogen and oxygen atoms in total. The van der Waals surface area contributed by atoms with Gasteiger partial charge in [-0.1, -0.05) is 25.1 Å². The van der Waals surface area contributed by atoms with Crippen molar-refractivity contribution in [3.8, 4) is 0 Å². The van der Waals surface area contributed by atoms with Gasteiger partial charge in [-0.05, 0) is 42.7 Å². The number of pyridine rings is 1. The van der Waals surface area contributed by atoms with E-state index in [1.165, 1.54) is 0 Å². The lowest BCUT2D eigenvalue weighted by Gasteiger charge is -2.12. The summed E-state index contributed by atoms with van der Waals surface area (Å²) in [4.78, 5) is 19.8. The second-order valence-corrected chi connectivity index (χ2v) is 5.04. The van der Waals surface area contributed by atoms with E-state index in [9.17, 15) is 4.79 Å². The molecule has 0 fully saturated rings. The van der Waals surface area contributed by atoms with Crippen molar-refractivity contribution < 1.29 is 4.79 Å². The highest BCUT2D eigenvalue weighted by Crippen LogP contribution is 2.22. The summed E-state index contributed by atoms with van der Waals surface area (Å²) in [6.07, 6.45) is 2.60. The number of hydrogen-bond donors (Lipinski definition) is 2. The largest absolute Gasteiger partial charge is 0.349 e. The Bertz CT molecular complexity index is 772. The number of para-hydroxylation sites is 1. The Morgan fingerprint density at radius 3 is 2.90 bits per heavy atom. The normalized spacial score (nSPS) is 10.8. The number of nitrogens with one attached hydrogen (secondary N) is 2. The molecule has 0 spiro atoms. The number of hydrogen-bond acceptors (Lipinski definition) is 2. The maximum atomic E-state index is 12.4. The highest BCUT2D eigenvalue weighted by atomic mass is 16.1. The Morgan fingerprint density at radius 2 is 2.14 bits per heavy atom. The van der Waals surface area contributed by atoms with Gasteiger partial charge >= 0.3 is 0 Å². The van der Waals surface area contributed by atoms with Crippen LogP contribution >= 0.6 is 0 Å². The van der Waals surface area contributed by atoms with E-state index in [4.69, 9.17) is 0 Å². The van der Waals surface area contributed by atoms with E-state index in [0.717, 1.165) is 34.3 Å². The fraction of sp³-hybridized carbons (Fsp3) is 0.176. The Hall–Kier alpha value is -2.62. The molecule has 0 saturated carbocycles. The van der Waals surface area contributed by atoms with Gasteiger partial charge in [-0.3, -0.25) is 9.78 Å². The molecule has 0 aliphatic carbocycles. The summed E-state index contributed by atoms with van der Waals surface area (Å²) in [7, 11) is 0. The molecule has 0 unspecified atom stereocenters. The van der Waals surface area contributed by atoms with E-state index in [1.54, 1.807) is 12.3 Å². The van der Waals surface area contributed by atoms with Gasteiger partial charge in [0.2, 0.25) is 0 Å². The van der Waals surface area contributed by atoms with Crippen LogP contribution in [0.2, 0.25) is 0 Å². The van der Waals surface area contributed by atoms with Gasteiger partial charge in [0.15, 0.2) is 0 Å². The number of nitrogens with zero attached hydrogens (tertiary/aromatic N) is 1. The smallest absolute Gasteiger partial charge is 0.272 e. The van der Waals surface area contributed by atoms with Crippen molar-refractivity contribution in [1.29, 1.82) is 0 Å². The summed E-state index contributed by atoms with van der Waals surface area (Å²) in [6.45, 7) is 4.08. The first kappa shape index (κ1) is 13.4. The fourth-order valence-electron chi connectivity index (χ4n) is 2.46. The van der Waals surface area contributed by atoms with Crippen molar-refractivity contribution >= 4 is 22.6 Å². The predicted octanol–water partition coefficient (Wildman–Crippen LogP) is 3.69. The number of carbonyl (C=O) groups excluding carboxylic acids is 1. The van der Waals surface area contributed by atoms with Crippen LogP contribution in [0.5, 0.6) is 0 Å². The first-order valence-electron chi connectivity index (χ1n) is 7.02. The van der Waals surface area contributed by atoms with Crippen LogP contribution in [0.4, 0.5) is 5.69 Å². The minimum atomic E-state index is -0.142. The summed E-state index contributed by atoms with van der Waals surface area (Å²) >= 11 is 0. The molecule has 0 bridgehead atoms. The Balaban J connectivity index is 1.93. The molecule has 0 aliphatic heterocycles. The van der Waals surface area contributed by atoms with E-state index in [-0.39, 0.29) is 5.91 Å². The van der Waals surface area contributed by atoms with Crippen molar-refractivity contribution in [2.75, 3.05) is 5.32 Å². The molecule has 4 heteroatoms. The number of H-pyrrole nitrogens is 1. The summed E-state index contributed by atoms with van der Waals surface area (Å²) in [5.74, 6) is -0.142. The van der Waals surface area contributed by atoms with Gasteiger partial charge in [-0.2, -0.15) is 0 Å². The molecule has 0 saturated heterocycles. The van der Waals surface area contributed by atoms with Crippen LogP contribution in [0.15, 0.2) is 42.6 Å². The van der Waals surface area contributed by atoms with Crippen LogP contribution in [-0.2, 0) is 6.42 Å². The zero-order chi connectivity index (χ0) is 14.8. The summed E-state index contributed by atoms with van der Waals surface area (Å²) < 4.78 is 0. The monoisotopic (exact) mass is 279 g/mol. The molecule has 2 heterocycles. The van der Waals surface area contributed by atoms with E-state index < -0.39 is 0 Å². The number of anilines is 1. The third-order valence-corrected chi connectivity index (χ3v) is 3.61. The van der Waals surface area contributed by atoms with Gasteiger partial charge in [-0.25, -0.2) is 0 Å². The van der Waals surface area contributed by atoms with Crippen LogP contribution in [0, 0.1) is 6.92 Å². The van der Waals surface area contributed by atoms with Crippen LogP contribution in [0.1, 0.15) is 28.5 Å². The second kappa shape index (κ2) is 5.40. The van der Waals surface area contributed by atoms with Crippen LogP contribution in [0.25, 0.3) is 11.0 Å². The molecular weight excluding hydrogens is 262 g/mol. The molecule has 3 rings (SSSR count). The maximum absolute atomic E-state index is 12.4. The third-order valence-electron chi connectivity index (χ3n) is 3.61. The molecule has 106 valence electrons. The Labute approximate surface area is 123 Å². The quantitative estimate of drug-likeness (QED) is 0.768. The van der Waals surface area contributed by atoms with Crippen molar-refractivity contribution in [3.05, 3.63) is 59.4 Å². The van der Waals surface area contributed by atoms with Crippen LogP contribution in [0.3, 0.4) is 0 Å². The first-order chi connectivity index (χ1) is 10.2. The number of benzene rings is 1. The zero-order valence-electron chi connectivity index (χ0n) is 12.1. The van der Waals surface area contributed by atoms with Crippen LogP contribution < -0.4 is 5.32 Å². The number of aromatic nitrogens is 2. The number of fused-ring (bicyclic) bond motifs is 1. The summed E-state index contributed by atoms with van der Waals surface area (Å²) in [5.41, 5.74) is 5.28. The molecule has 0 atom stereocenters. The molecule has 1 aromatic carbocycles. The van der Waals surface area contributed by atoms with Crippen molar-refractivity contribution in [3.63, 3.8) is 0 Å². The van der Waals surface area contributed by atoms with Crippen molar-refractivity contribution in [2.45, 2.75) is 20.3 Å². The van der Waals surface area contributed by atoms with E-state index >= 15 is 0 Å². The Morgan fingerprint density at radius 1 is 1.29 bits per heavy atom. The third kappa shape index (κ3) is 2.52. The predicted molar refractivity (Wildman–Crippen MR) is 84.6 cm³/mol. The standard InChI is InChI=1S/C17H17N3O/c1-3-12-7-4-6-11(2)16(12)20-17(21)15-10-14-13(19-15)8-5-9-18-14/h4-10,19H,3H2,1-2H3,(H,20,21). The molecule has 2 N–H and O–H groups in total. The lowest BCUT2D eigenvalue weighted by molar-refractivity contribution is 0.102. The topological polar surface area (TPSA) is 57.8 Å². The molecule has 2 aromatic heterocycles. The Kier molecular flexibility index (Phi) is 3.44. The highest BCUT2D eigenvalue weighted by Gasteiger charge is 2.13. The number of aromatic amines is 1. The van der Waals surface area contributed by atoms with Gasteiger partial charge < -0.3 is 10.3 Å². The van der Waals surface area contributed by atoms with Gasteiger partial charge in [-0.15, -0.1) is 0 Å². The average molecular weight is 279 g/mol.